The van der Waals surface area contributed by atoms with Crippen LogP contribution in [-0.2, 0) is 16.0 Å². The Labute approximate surface area is 116 Å². The Balaban J connectivity index is 2.63. The zero-order valence-electron chi connectivity index (χ0n) is 11.5. The molecule has 2 aromatic rings. The second-order valence-electron chi connectivity index (χ2n) is 4.12. The summed E-state index contributed by atoms with van der Waals surface area (Å²) < 4.78 is 11.2. The molecule has 6 nitrogen and oxygen atoms in total. The van der Waals surface area contributed by atoms with Crippen LogP contribution in [0.25, 0.3) is 10.9 Å². The minimum Gasteiger partial charge on any atom is -0.460 e. The third-order valence-electron chi connectivity index (χ3n) is 2.84. The number of hydrogen-bond acceptors (Lipinski definition) is 5. The topological polar surface area (TPSA) is 70.4 Å². The highest BCUT2D eigenvalue weighted by Gasteiger charge is 2.18. The maximum absolute atomic E-state index is 12.4. The lowest BCUT2D eigenvalue weighted by atomic mass is 10.2. The van der Waals surface area contributed by atoms with E-state index in [0.29, 0.717) is 17.5 Å². The molecule has 0 unspecified atom stereocenters. The molecule has 0 radical (unpaired) electrons. The van der Waals surface area contributed by atoms with Crippen molar-refractivity contribution in [2.75, 3.05) is 20.3 Å². The standard InChI is InChI=1S/C14H16N2O4/c1-3-20-14(18)12-15-11-7-5-4-6-10(11)13(17)16(12)8-9-19-2/h4-7H,3,8-9H2,1-2H3. The minimum atomic E-state index is -0.605. The molecule has 1 heterocycles. The number of methoxy groups -OCH3 is 1. The average molecular weight is 276 g/mol. The lowest BCUT2D eigenvalue weighted by Gasteiger charge is -2.11. The van der Waals surface area contributed by atoms with E-state index in [1.807, 2.05) is 0 Å². The fraction of sp³-hybridized carbons (Fsp3) is 0.357. The van der Waals surface area contributed by atoms with Gasteiger partial charge < -0.3 is 9.47 Å². The monoisotopic (exact) mass is 276 g/mol. The number of rotatable bonds is 5. The molecule has 0 aliphatic rings. The number of hydrogen-bond donors (Lipinski definition) is 0. The number of aromatic nitrogens is 2. The molecule has 0 bridgehead atoms. The van der Waals surface area contributed by atoms with Gasteiger partial charge in [-0.2, -0.15) is 0 Å². The number of ether oxygens (including phenoxy) is 2. The quantitative estimate of drug-likeness (QED) is 0.768. The van der Waals surface area contributed by atoms with Gasteiger partial charge in [-0.3, -0.25) is 9.36 Å². The first kappa shape index (κ1) is 14.2. The van der Waals surface area contributed by atoms with Gasteiger partial charge in [0.25, 0.3) is 5.56 Å². The molecule has 0 spiro atoms. The summed E-state index contributed by atoms with van der Waals surface area (Å²) in [7, 11) is 1.53. The van der Waals surface area contributed by atoms with Crippen molar-refractivity contribution in [3.8, 4) is 0 Å². The van der Waals surface area contributed by atoms with Gasteiger partial charge in [0.2, 0.25) is 5.82 Å². The maximum atomic E-state index is 12.4. The highest BCUT2D eigenvalue weighted by Crippen LogP contribution is 2.09. The molecule has 20 heavy (non-hydrogen) atoms. The van der Waals surface area contributed by atoms with Crippen LogP contribution < -0.4 is 5.56 Å². The maximum Gasteiger partial charge on any atom is 0.374 e. The molecule has 0 saturated carbocycles. The summed E-state index contributed by atoms with van der Waals surface area (Å²) in [5.74, 6) is -0.598. The second-order valence-corrected chi connectivity index (χ2v) is 4.12. The van der Waals surface area contributed by atoms with E-state index in [1.165, 1.54) is 11.7 Å². The first-order chi connectivity index (χ1) is 9.69. The van der Waals surface area contributed by atoms with Gasteiger partial charge in [0.15, 0.2) is 0 Å². The number of carbonyl (C=O) groups is 1. The predicted molar refractivity (Wildman–Crippen MR) is 73.8 cm³/mol. The van der Waals surface area contributed by atoms with Crippen molar-refractivity contribution in [3.05, 3.63) is 40.4 Å². The van der Waals surface area contributed by atoms with Crippen molar-refractivity contribution in [1.82, 2.24) is 9.55 Å². The summed E-state index contributed by atoms with van der Waals surface area (Å²) in [5.41, 5.74) is 0.213. The van der Waals surface area contributed by atoms with Crippen LogP contribution in [-0.4, -0.2) is 35.8 Å². The van der Waals surface area contributed by atoms with E-state index in [1.54, 1.807) is 31.2 Å². The Morgan fingerprint density at radius 1 is 1.35 bits per heavy atom. The molecule has 1 aromatic carbocycles. The molecule has 0 fully saturated rings. The van der Waals surface area contributed by atoms with Gasteiger partial charge in [0.05, 0.1) is 30.7 Å². The molecular formula is C14H16N2O4. The van der Waals surface area contributed by atoms with E-state index >= 15 is 0 Å². The smallest absolute Gasteiger partial charge is 0.374 e. The van der Waals surface area contributed by atoms with Crippen LogP contribution in [0.5, 0.6) is 0 Å². The van der Waals surface area contributed by atoms with Gasteiger partial charge >= 0.3 is 5.97 Å². The summed E-state index contributed by atoms with van der Waals surface area (Å²) >= 11 is 0. The van der Waals surface area contributed by atoms with Crippen LogP contribution >= 0.6 is 0 Å². The SMILES string of the molecule is CCOC(=O)c1nc2ccccc2c(=O)n1CCOC. The van der Waals surface area contributed by atoms with Crippen LogP contribution in [0.3, 0.4) is 0 Å². The van der Waals surface area contributed by atoms with Crippen molar-refractivity contribution in [2.24, 2.45) is 0 Å². The molecule has 0 amide bonds. The highest BCUT2D eigenvalue weighted by molar-refractivity contribution is 5.88. The third-order valence-corrected chi connectivity index (χ3v) is 2.84. The lowest BCUT2D eigenvalue weighted by Crippen LogP contribution is -2.30. The van der Waals surface area contributed by atoms with Crippen LogP contribution in [0, 0.1) is 0 Å². The Kier molecular flexibility index (Phi) is 4.47. The molecule has 0 aliphatic heterocycles. The van der Waals surface area contributed by atoms with E-state index in [2.05, 4.69) is 4.98 Å². The van der Waals surface area contributed by atoms with Crippen LogP contribution in [0.4, 0.5) is 0 Å². The molecule has 106 valence electrons. The fourth-order valence-electron chi connectivity index (χ4n) is 1.91. The molecular weight excluding hydrogens is 260 g/mol. The zero-order chi connectivity index (χ0) is 14.5. The Morgan fingerprint density at radius 2 is 2.10 bits per heavy atom. The number of benzene rings is 1. The van der Waals surface area contributed by atoms with Crippen molar-refractivity contribution in [2.45, 2.75) is 13.5 Å². The predicted octanol–water partition coefficient (Wildman–Crippen LogP) is 1.22. The van der Waals surface area contributed by atoms with Crippen LogP contribution in [0.1, 0.15) is 17.5 Å². The summed E-state index contributed by atoms with van der Waals surface area (Å²) in [5, 5.41) is 0.469. The Bertz CT molecular complexity index is 678. The van der Waals surface area contributed by atoms with Crippen LogP contribution in [0.2, 0.25) is 0 Å². The van der Waals surface area contributed by atoms with E-state index in [0.717, 1.165) is 0 Å². The van der Waals surface area contributed by atoms with Crippen molar-refractivity contribution in [1.29, 1.82) is 0 Å². The molecule has 1 aromatic heterocycles. The average Bonchev–Trinajstić information content (AvgIpc) is 2.46. The van der Waals surface area contributed by atoms with Crippen LogP contribution in [0.15, 0.2) is 29.1 Å². The Hall–Kier alpha value is -2.21. The first-order valence-electron chi connectivity index (χ1n) is 6.34. The summed E-state index contributed by atoms with van der Waals surface area (Å²) in [4.78, 5) is 28.6. The second kappa shape index (κ2) is 6.29. The summed E-state index contributed by atoms with van der Waals surface area (Å²) in [6.07, 6.45) is 0. The van der Waals surface area contributed by atoms with E-state index < -0.39 is 5.97 Å². The van der Waals surface area contributed by atoms with Gasteiger partial charge in [-0.25, -0.2) is 9.78 Å². The molecule has 2 rings (SSSR count). The van der Waals surface area contributed by atoms with Crippen molar-refractivity contribution in [3.63, 3.8) is 0 Å². The van der Waals surface area contributed by atoms with Gasteiger partial charge in [0.1, 0.15) is 0 Å². The number of esters is 1. The molecule has 0 N–H and O–H groups in total. The van der Waals surface area contributed by atoms with Crippen molar-refractivity contribution < 1.29 is 14.3 Å². The number of fused-ring (bicyclic) bond motifs is 1. The largest absolute Gasteiger partial charge is 0.460 e. The minimum absolute atomic E-state index is 0.00704. The van der Waals surface area contributed by atoms with Gasteiger partial charge in [-0.1, -0.05) is 12.1 Å². The highest BCUT2D eigenvalue weighted by atomic mass is 16.5. The Morgan fingerprint density at radius 3 is 2.80 bits per heavy atom. The number of carbonyl (C=O) groups excluding carboxylic acids is 1. The van der Waals surface area contributed by atoms with Crippen molar-refractivity contribution >= 4 is 16.9 Å². The third kappa shape index (κ3) is 2.70. The van der Waals surface area contributed by atoms with E-state index in [4.69, 9.17) is 9.47 Å². The summed E-state index contributed by atoms with van der Waals surface area (Å²) in [6.45, 7) is 2.50. The normalized spacial score (nSPS) is 10.7. The van der Waals surface area contributed by atoms with E-state index in [9.17, 15) is 9.59 Å². The number of nitrogens with zero attached hydrogens (tertiary/aromatic N) is 2. The molecule has 0 saturated heterocycles. The molecule has 6 heteroatoms. The number of para-hydroxylation sites is 1. The molecule has 0 atom stereocenters. The lowest BCUT2D eigenvalue weighted by molar-refractivity contribution is 0.0501. The van der Waals surface area contributed by atoms with Gasteiger partial charge in [-0.15, -0.1) is 0 Å². The van der Waals surface area contributed by atoms with E-state index in [-0.39, 0.29) is 24.5 Å². The first-order valence-corrected chi connectivity index (χ1v) is 6.34. The summed E-state index contributed by atoms with van der Waals surface area (Å²) in [6, 6.07) is 6.91. The van der Waals surface area contributed by atoms with Gasteiger partial charge in [-0.05, 0) is 19.1 Å². The zero-order valence-corrected chi connectivity index (χ0v) is 11.5. The van der Waals surface area contributed by atoms with Gasteiger partial charge in [0, 0.05) is 7.11 Å². The molecule has 0 aliphatic carbocycles. The fourth-order valence-corrected chi connectivity index (χ4v) is 1.91.